The Kier molecular flexibility index (Phi) is 3.39. The Balaban J connectivity index is 2.22. The third-order valence-corrected chi connectivity index (χ3v) is 2.38. The summed E-state index contributed by atoms with van der Waals surface area (Å²) in [6, 6.07) is 10.9. The molecular formula is C12H11ClN2O. The summed E-state index contributed by atoms with van der Waals surface area (Å²) in [6.07, 6.45) is 1.66. The van der Waals surface area contributed by atoms with Crippen LogP contribution in [0.15, 0.2) is 42.6 Å². The lowest BCUT2D eigenvalue weighted by atomic mass is 10.2. The zero-order valence-electron chi connectivity index (χ0n) is 8.56. The molecule has 0 fully saturated rings. The average Bonchev–Trinajstić information content (AvgIpc) is 2.33. The van der Waals surface area contributed by atoms with Crippen LogP contribution < -0.4 is 10.5 Å². The molecule has 0 aliphatic carbocycles. The van der Waals surface area contributed by atoms with E-state index in [-0.39, 0.29) is 0 Å². The van der Waals surface area contributed by atoms with Gasteiger partial charge in [-0.15, -0.1) is 0 Å². The monoisotopic (exact) mass is 234 g/mol. The molecule has 16 heavy (non-hydrogen) atoms. The van der Waals surface area contributed by atoms with E-state index in [0.29, 0.717) is 23.2 Å². The molecule has 1 aromatic heterocycles. The molecule has 82 valence electrons. The molecule has 2 N–H and O–H groups in total. The van der Waals surface area contributed by atoms with Gasteiger partial charge in [0, 0.05) is 18.8 Å². The fourth-order valence-corrected chi connectivity index (χ4v) is 1.52. The van der Waals surface area contributed by atoms with E-state index in [0.717, 1.165) is 5.56 Å². The Morgan fingerprint density at radius 1 is 1.25 bits per heavy atom. The first-order valence-corrected chi connectivity index (χ1v) is 5.25. The first-order chi connectivity index (χ1) is 7.79. The van der Waals surface area contributed by atoms with Crippen LogP contribution in [0.5, 0.6) is 11.6 Å². The van der Waals surface area contributed by atoms with Crippen molar-refractivity contribution in [3.63, 3.8) is 0 Å². The first-order valence-electron chi connectivity index (χ1n) is 4.87. The van der Waals surface area contributed by atoms with Gasteiger partial charge in [-0.1, -0.05) is 23.7 Å². The molecule has 2 aromatic rings. The molecule has 0 atom stereocenters. The van der Waals surface area contributed by atoms with Crippen molar-refractivity contribution in [2.75, 3.05) is 0 Å². The molecule has 0 spiro atoms. The van der Waals surface area contributed by atoms with Crippen molar-refractivity contribution in [1.82, 2.24) is 4.98 Å². The molecule has 0 bridgehead atoms. The second-order valence-corrected chi connectivity index (χ2v) is 3.65. The van der Waals surface area contributed by atoms with Gasteiger partial charge in [0.2, 0.25) is 5.88 Å². The van der Waals surface area contributed by atoms with Gasteiger partial charge < -0.3 is 10.5 Å². The Hall–Kier alpha value is -1.58. The lowest BCUT2D eigenvalue weighted by molar-refractivity contribution is 0.463. The SMILES string of the molecule is NCc1ccc(Oc2ccccn2)c(Cl)c1. The van der Waals surface area contributed by atoms with Crippen LogP contribution in [0, 0.1) is 0 Å². The van der Waals surface area contributed by atoms with Gasteiger partial charge in [0.25, 0.3) is 0 Å². The minimum absolute atomic E-state index is 0.462. The number of nitrogens with zero attached hydrogens (tertiary/aromatic N) is 1. The summed E-state index contributed by atoms with van der Waals surface area (Å²) in [5.74, 6) is 1.10. The molecule has 1 aromatic carbocycles. The van der Waals surface area contributed by atoms with E-state index in [4.69, 9.17) is 22.1 Å². The maximum atomic E-state index is 6.05. The smallest absolute Gasteiger partial charge is 0.219 e. The van der Waals surface area contributed by atoms with Crippen molar-refractivity contribution >= 4 is 11.6 Å². The first kappa shape index (κ1) is 10.9. The zero-order chi connectivity index (χ0) is 11.4. The Morgan fingerprint density at radius 3 is 2.75 bits per heavy atom. The number of hydrogen-bond acceptors (Lipinski definition) is 3. The van der Waals surface area contributed by atoms with E-state index in [1.54, 1.807) is 24.4 Å². The number of nitrogens with two attached hydrogens (primary N) is 1. The Bertz CT molecular complexity index is 474. The molecule has 0 amide bonds. The number of rotatable bonds is 3. The van der Waals surface area contributed by atoms with Crippen molar-refractivity contribution in [1.29, 1.82) is 0 Å². The van der Waals surface area contributed by atoms with Crippen molar-refractivity contribution in [3.8, 4) is 11.6 Å². The highest BCUT2D eigenvalue weighted by atomic mass is 35.5. The van der Waals surface area contributed by atoms with Crippen LogP contribution in [0.25, 0.3) is 0 Å². The number of hydrogen-bond donors (Lipinski definition) is 1. The predicted molar refractivity (Wildman–Crippen MR) is 63.7 cm³/mol. The van der Waals surface area contributed by atoms with Crippen molar-refractivity contribution in [2.45, 2.75) is 6.54 Å². The van der Waals surface area contributed by atoms with Gasteiger partial charge in [-0.2, -0.15) is 0 Å². The molecule has 0 saturated heterocycles. The fraction of sp³-hybridized carbons (Fsp3) is 0.0833. The van der Waals surface area contributed by atoms with Crippen LogP contribution in [0.1, 0.15) is 5.56 Å². The van der Waals surface area contributed by atoms with Crippen LogP contribution in [-0.2, 0) is 6.54 Å². The zero-order valence-corrected chi connectivity index (χ0v) is 9.32. The van der Waals surface area contributed by atoms with Gasteiger partial charge in [0.05, 0.1) is 5.02 Å². The third-order valence-electron chi connectivity index (χ3n) is 2.08. The van der Waals surface area contributed by atoms with Crippen LogP contribution in [0.3, 0.4) is 0 Å². The maximum absolute atomic E-state index is 6.05. The van der Waals surface area contributed by atoms with Gasteiger partial charge in [-0.3, -0.25) is 0 Å². The molecule has 0 aliphatic heterocycles. The maximum Gasteiger partial charge on any atom is 0.219 e. The van der Waals surface area contributed by atoms with Gasteiger partial charge in [-0.05, 0) is 23.8 Å². The molecule has 0 radical (unpaired) electrons. The van der Waals surface area contributed by atoms with Gasteiger partial charge >= 0.3 is 0 Å². The quantitative estimate of drug-likeness (QED) is 0.888. The van der Waals surface area contributed by atoms with E-state index in [9.17, 15) is 0 Å². The van der Waals surface area contributed by atoms with Gasteiger partial charge in [-0.25, -0.2) is 4.98 Å². The van der Waals surface area contributed by atoms with Crippen molar-refractivity contribution in [3.05, 3.63) is 53.2 Å². The summed E-state index contributed by atoms with van der Waals surface area (Å²) in [7, 11) is 0. The van der Waals surface area contributed by atoms with Gasteiger partial charge in [0.15, 0.2) is 0 Å². The number of halogens is 1. The predicted octanol–water partition coefficient (Wildman–Crippen LogP) is 2.99. The molecule has 4 heteroatoms. The minimum atomic E-state index is 0.462. The number of benzene rings is 1. The lowest BCUT2D eigenvalue weighted by Crippen LogP contribution is -1.96. The summed E-state index contributed by atoms with van der Waals surface area (Å²) in [6.45, 7) is 0.462. The standard InChI is InChI=1S/C12H11ClN2O/c13-10-7-9(8-14)4-5-11(10)16-12-3-1-2-6-15-12/h1-7H,8,14H2. The summed E-state index contributed by atoms with van der Waals surface area (Å²) in [4.78, 5) is 4.05. The van der Waals surface area contributed by atoms with E-state index < -0.39 is 0 Å². The van der Waals surface area contributed by atoms with E-state index >= 15 is 0 Å². The third kappa shape index (κ3) is 2.51. The summed E-state index contributed by atoms with van der Waals surface area (Å²) in [5, 5.41) is 0.536. The molecule has 3 nitrogen and oxygen atoms in total. The second kappa shape index (κ2) is 4.96. The lowest BCUT2D eigenvalue weighted by Gasteiger charge is -2.07. The Morgan fingerprint density at radius 2 is 2.12 bits per heavy atom. The fourth-order valence-electron chi connectivity index (χ4n) is 1.27. The highest BCUT2D eigenvalue weighted by Crippen LogP contribution is 2.28. The van der Waals surface area contributed by atoms with Crippen LogP contribution in [-0.4, -0.2) is 4.98 Å². The summed E-state index contributed by atoms with van der Waals surface area (Å²) in [5.41, 5.74) is 6.48. The Labute approximate surface area is 98.8 Å². The van der Waals surface area contributed by atoms with Gasteiger partial charge in [0.1, 0.15) is 5.75 Å². The van der Waals surface area contributed by atoms with Crippen LogP contribution >= 0.6 is 11.6 Å². The molecule has 0 saturated carbocycles. The molecule has 1 heterocycles. The van der Waals surface area contributed by atoms with E-state index in [1.807, 2.05) is 18.2 Å². The van der Waals surface area contributed by atoms with Crippen LogP contribution in [0.2, 0.25) is 5.02 Å². The minimum Gasteiger partial charge on any atom is -0.437 e. The highest BCUT2D eigenvalue weighted by Gasteiger charge is 2.04. The number of ether oxygens (including phenoxy) is 1. The molecule has 0 unspecified atom stereocenters. The number of pyridine rings is 1. The summed E-state index contributed by atoms with van der Waals surface area (Å²) >= 11 is 6.05. The molecule has 2 rings (SSSR count). The number of aromatic nitrogens is 1. The summed E-state index contributed by atoms with van der Waals surface area (Å²) < 4.78 is 5.52. The molecule has 0 aliphatic rings. The van der Waals surface area contributed by atoms with Crippen molar-refractivity contribution in [2.24, 2.45) is 5.73 Å². The van der Waals surface area contributed by atoms with Crippen LogP contribution in [0.4, 0.5) is 0 Å². The van der Waals surface area contributed by atoms with Crippen molar-refractivity contribution < 1.29 is 4.74 Å². The largest absolute Gasteiger partial charge is 0.437 e. The molecular weight excluding hydrogens is 224 g/mol. The van der Waals surface area contributed by atoms with E-state index in [2.05, 4.69) is 4.98 Å². The van der Waals surface area contributed by atoms with E-state index in [1.165, 1.54) is 0 Å². The second-order valence-electron chi connectivity index (χ2n) is 3.24. The normalized spacial score (nSPS) is 10.1. The highest BCUT2D eigenvalue weighted by molar-refractivity contribution is 6.32. The topological polar surface area (TPSA) is 48.1 Å². The average molecular weight is 235 g/mol.